The number of non-ortho nitro benzene ring substituents is 1. The predicted molar refractivity (Wildman–Crippen MR) is 101 cm³/mol. The number of rotatable bonds is 5. The smallest absolute Gasteiger partial charge is 0.341 e. The second-order valence-electron chi connectivity index (χ2n) is 7.99. The Bertz CT molecular complexity index is 763. The summed E-state index contributed by atoms with van der Waals surface area (Å²) in [5.74, 6) is -0.310. The number of nitro benzene ring substituents is 1. The van der Waals surface area contributed by atoms with Crippen LogP contribution in [0.2, 0.25) is 0 Å². The number of carbonyl (C=O) groups excluding carboxylic acids is 1. The van der Waals surface area contributed by atoms with Crippen molar-refractivity contribution in [1.29, 1.82) is 0 Å². The van der Waals surface area contributed by atoms with Crippen molar-refractivity contribution in [2.45, 2.75) is 63.2 Å². The Morgan fingerprint density at radius 1 is 1.17 bits per heavy atom. The molecule has 0 radical (unpaired) electrons. The molecule has 1 saturated carbocycles. The molecule has 6 nitrogen and oxygen atoms in total. The van der Waals surface area contributed by atoms with Crippen LogP contribution in [0.5, 0.6) is 0 Å². The number of carbonyl (C=O) groups is 1. The van der Waals surface area contributed by atoms with Gasteiger partial charge in [0.25, 0.3) is 5.69 Å². The zero-order valence-electron chi connectivity index (χ0n) is 16.5. The van der Waals surface area contributed by atoms with Crippen LogP contribution in [0.3, 0.4) is 0 Å². The lowest BCUT2D eigenvalue weighted by Gasteiger charge is -2.42. The number of likely N-dealkylation sites (N-methyl/N-ethyl adjacent to an activating group) is 1. The highest BCUT2D eigenvalue weighted by atomic mass is 19.4. The molecule has 0 spiro atoms. The summed E-state index contributed by atoms with van der Waals surface area (Å²) in [4.78, 5) is 27.1. The highest BCUT2D eigenvalue weighted by molar-refractivity contribution is 5.79. The van der Waals surface area contributed by atoms with Crippen LogP contribution in [-0.4, -0.2) is 52.9 Å². The van der Waals surface area contributed by atoms with Gasteiger partial charge in [-0.2, -0.15) is 13.2 Å². The van der Waals surface area contributed by atoms with Gasteiger partial charge in [0.05, 0.1) is 16.9 Å². The average molecular weight is 413 g/mol. The van der Waals surface area contributed by atoms with Crippen LogP contribution < -0.4 is 0 Å². The van der Waals surface area contributed by atoms with Gasteiger partial charge < -0.3 is 4.90 Å². The summed E-state index contributed by atoms with van der Waals surface area (Å²) in [6.45, 7) is 2.03. The summed E-state index contributed by atoms with van der Waals surface area (Å²) < 4.78 is 39.3. The standard InChI is InChI=1S/C20H26F3N3O3/c1-24(17-6-2-3-7-18(17)25-8-4-5-9-25)19(27)12-14-10-15(20(21,22)23)13-16(11-14)26(28)29/h10-11,13,17-18H,2-9,12H2,1H3. The lowest BCUT2D eigenvalue weighted by Crippen LogP contribution is -2.53. The summed E-state index contributed by atoms with van der Waals surface area (Å²) in [5, 5.41) is 11.0. The molecule has 1 heterocycles. The number of amides is 1. The first-order valence-electron chi connectivity index (χ1n) is 10.0. The van der Waals surface area contributed by atoms with E-state index >= 15 is 0 Å². The molecular formula is C20H26F3N3O3. The molecule has 0 N–H and O–H groups in total. The number of nitro groups is 1. The second-order valence-corrected chi connectivity index (χ2v) is 7.99. The first-order valence-corrected chi connectivity index (χ1v) is 10.0. The van der Waals surface area contributed by atoms with E-state index in [4.69, 9.17) is 0 Å². The molecular weight excluding hydrogens is 387 g/mol. The lowest BCUT2D eigenvalue weighted by molar-refractivity contribution is -0.385. The molecule has 1 amide bonds. The van der Waals surface area contributed by atoms with Crippen molar-refractivity contribution in [2.75, 3.05) is 20.1 Å². The quantitative estimate of drug-likeness (QED) is 0.540. The SMILES string of the molecule is CN(C(=O)Cc1cc([N+](=O)[O-])cc(C(F)(F)F)c1)C1CCCCC1N1CCCC1. The van der Waals surface area contributed by atoms with Crippen LogP contribution >= 0.6 is 0 Å². The fourth-order valence-electron chi connectivity index (χ4n) is 4.57. The fourth-order valence-corrected chi connectivity index (χ4v) is 4.57. The number of halogens is 3. The van der Waals surface area contributed by atoms with E-state index in [1.807, 2.05) is 0 Å². The summed E-state index contributed by atoms with van der Waals surface area (Å²) >= 11 is 0. The van der Waals surface area contributed by atoms with Gasteiger partial charge in [-0.25, -0.2) is 0 Å². The minimum atomic E-state index is -4.71. The molecule has 2 unspecified atom stereocenters. The molecule has 2 aliphatic rings. The monoisotopic (exact) mass is 413 g/mol. The number of alkyl halides is 3. The third-order valence-electron chi connectivity index (χ3n) is 6.07. The fraction of sp³-hybridized carbons (Fsp3) is 0.650. The van der Waals surface area contributed by atoms with E-state index in [9.17, 15) is 28.1 Å². The van der Waals surface area contributed by atoms with Crippen molar-refractivity contribution in [2.24, 2.45) is 0 Å². The summed E-state index contributed by atoms with van der Waals surface area (Å²) in [5.41, 5.74) is -1.75. The van der Waals surface area contributed by atoms with Gasteiger partial charge in [-0.1, -0.05) is 12.8 Å². The molecule has 2 fully saturated rings. The van der Waals surface area contributed by atoms with Crippen LogP contribution in [0.15, 0.2) is 18.2 Å². The summed E-state index contributed by atoms with van der Waals surface area (Å²) in [6, 6.07) is 2.69. The zero-order valence-corrected chi connectivity index (χ0v) is 16.5. The highest BCUT2D eigenvalue weighted by Crippen LogP contribution is 2.33. The Balaban J connectivity index is 1.77. The van der Waals surface area contributed by atoms with E-state index < -0.39 is 22.4 Å². The molecule has 2 atom stereocenters. The maximum Gasteiger partial charge on any atom is 0.416 e. The van der Waals surface area contributed by atoms with Gasteiger partial charge in [0, 0.05) is 31.3 Å². The van der Waals surface area contributed by atoms with Crippen LogP contribution in [-0.2, 0) is 17.4 Å². The molecule has 0 aromatic heterocycles. The highest BCUT2D eigenvalue weighted by Gasteiger charge is 2.36. The van der Waals surface area contributed by atoms with Gasteiger partial charge in [0.15, 0.2) is 0 Å². The Hall–Kier alpha value is -2.16. The van der Waals surface area contributed by atoms with Gasteiger partial charge in [-0.15, -0.1) is 0 Å². The Kier molecular flexibility index (Phi) is 6.45. The number of hydrogen-bond acceptors (Lipinski definition) is 4. The molecule has 1 aliphatic heterocycles. The van der Waals surface area contributed by atoms with Crippen molar-refractivity contribution in [1.82, 2.24) is 9.80 Å². The molecule has 160 valence electrons. The minimum Gasteiger partial charge on any atom is -0.341 e. The lowest BCUT2D eigenvalue weighted by atomic mass is 9.88. The third-order valence-corrected chi connectivity index (χ3v) is 6.07. The minimum absolute atomic E-state index is 0.0110. The van der Waals surface area contributed by atoms with Crippen molar-refractivity contribution in [3.63, 3.8) is 0 Å². The average Bonchev–Trinajstić information content (AvgIpc) is 3.21. The topological polar surface area (TPSA) is 66.7 Å². The van der Waals surface area contributed by atoms with Gasteiger partial charge in [0.1, 0.15) is 0 Å². The molecule has 0 bridgehead atoms. The molecule has 1 aliphatic carbocycles. The number of likely N-dealkylation sites (tertiary alicyclic amines) is 1. The first-order chi connectivity index (χ1) is 13.7. The van der Waals surface area contributed by atoms with Gasteiger partial charge >= 0.3 is 6.18 Å². The van der Waals surface area contributed by atoms with Gasteiger partial charge in [-0.3, -0.25) is 19.8 Å². The van der Waals surface area contributed by atoms with Gasteiger partial charge in [0.2, 0.25) is 5.91 Å². The second kappa shape index (κ2) is 8.69. The van der Waals surface area contributed by atoms with Crippen LogP contribution in [0.25, 0.3) is 0 Å². The van der Waals surface area contributed by atoms with E-state index in [0.717, 1.165) is 63.7 Å². The summed E-state index contributed by atoms with van der Waals surface area (Å²) in [7, 11) is 1.70. The maximum absolute atomic E-state index is 13.1. The van der Waals surface area contributed by atoms with Crippen molar-refractivity contribution in [3.8, 4) is 0 Å². The largest absolute Gasteiger partial charge is 0.416 e. The summed E-state index contributed by atoms with van der Waals surface area (Å²) in [6.07, 6.45) is 1.30. The van der Waals surface area contributed by atoms with E-state index in [1.54, 1.807) is 11.9 Å². The molecule has 1 aromatic rings. The third kappa shape index (κ3) is 5.07. The maximum atomic E-state index is 13.1. The number of nitrogens with zero attached hydrogens (tertiary/aromatic N) is 3. The van der Waals surface area contributed by atoms with Crippen molar-refractivity contribution in [3.05, 3.63) is 39.4 Å². The molecule has 3 rings (SSSR count). The Labute approximate surface area is 167 Å². The van der Waals surface area contributed by atoms with Crippen LogP contribution in [0.1, 0.15) is 49.7 Å². The molecule has 29 heavy (non-hydrogen) atoms. The van der Waals surface area contributed by atoms with Crippen LogP contribution in [0, 0.1) is 10.1 Å². The number of benzene rings is 1. The predicted octanol–water partition coefficient (Wildman–Crippen LogP) is 4.02. The Morgan fingerprint density at radius 2 is 1.83 bits per heavy atom. The normalized spacial score (nSPS) is 23.2. The molecule has 1 saturated heterocycles. The van der Waals surface area contributed by atoms with Crippen molar-refractivity contribution < 1.29 is 22.9 Å². The first kappa shape index (κ1) is 21.5. The van der Waals surface area contributed by atoms with E-state index in [1.165, 1.54) is 0 Å². The molecule has 1 aromatic carbocycles. The van der Waals surface area contributed by atoms with Gasteiger partial charge in [-0.05, 0) is 50.4 Å². The zero-order chi connectivity index (χ0) is 21.2. The van der Waals surface area contributed by atoms with E-state index in [0.29, 0.717) is 6.07 Å². The Morgan fingerprint density at radius 3 is 2.45 bits per heavy atom. The van der Waals surface area contributed by atoms with Crippen molar-refractivity contribution >= 4 is 11.6 Å². The van der Waals surface area contributed by atoms with E-state index in [-0.39, 0.29) is 30.0 Å². The molecule has 9 heteroatoms. The number of hydrogen-bond donors (Lipinski definition) is 0. The van der Waals surface area contributed by atoms with E-state index in [2.05, 4.69) is 4.90 Å². The van der Waals surface area contributed by atoms with Crippen LogP contribution in [0.4, 0.5) is 18.9 Å².